The second-order valence-electron chi connectivity index (χ2n) is 4.64. The highest BCUT2D eigenvalue weighted by Gasteiger charge is 2.35. The number of carbonyl (C=O) groups is 1. The van der Waals surface area contributed by atoms with Crippen LogP contribution in [0, 0.1) is 0 Å². The van der Waals surface area contributed by atoms with Gasteiger partial charge in [-0.25, -0.2) is 0 Å². The Balaban J connectivity index is 2.34. The minimum Gasteiger partial charge on any atom is -0.469 e. The van der Waals surface area contributed by atoms with Gasteiger partial charge in [-0.2, -0.15) is 0 Å². The lowest BCUT2D eigenvalue weighted by atomic mass is 10.0. The molecule has 18 heavy (non-hydrogen) atoms. The maximum atomic E-state index is 11.0. The standard InChI is InChI=1S/C12H22O6/c1-7(4-5-11(15)16-3)17-12-10(14)6-9(13)8(2)18-12/h7-10,12-14H,4-6H2,1-3H3. The van der Waals surface area contributed by atoms with Crippen LogP contribution in [0.2, 0.25) is 0 Å². The molecule has 6 nitrogen and oxygen atoms in total. The Morgan fingerprint density at radius 3 is 2.72 bits per heavy atom. The predicted octanol–water partition coefficient (Wildman–Crippen LogP) is 0.201. The van der Waals surface area contributed by atoms with Gasteiger partial charge in [-0.3, -0.25) is 4.79 Å². The van der Waals surface area contributed by atoms with Gasteiger partial charge >= 0.3 is 5.97 Å². The lowest BCUT2D eigenvalue weighted by Gasteiger charge is -2.36. The highest BCUT2D eigenvalue weighted by atomic mass is 16.7. The van der Waals surface area contributed by atoms with E-state index in [1.165, 1.54) is 7.11 Å². The first-order chi connectivity index (χ1) is 8.43. The molecular weight excluding hydrogens is 240 g/mol. The molecule has 1 fully saturated rings. The zero-order chi connectivity index (χ0) is 13.7. The monoisotopic (exact) mass is 262 g/mol. The molecular formula is C12H22O6. The number of hydrogen-bond acceptors (Lipinski definition) is 6. The fourth-order valence-electron chi connectivity index (χ4n) is 1.79. The van der Waals surface area contributed by atoms with Crippen LogP contribution in [-0.2, 0) is 19.0 Å². The third-order valence-electron chi connectivity index (χ3n) is 3.04. The first-order valence-electron chi connectivity index (χ1n) is 6.18. The summed E-state index contributed by atoms with van der Waals surface area (Å²) in [5, 5.41) is 19.2. The molecule has 1 aliphatic heterocycles. The third-order valence-corrected chi connectivity index (χ3v) is 3.04. The van der Waals surface area contributed by atoms with E-state index in [0.717, 1.165) is 0 Å². The largest absolute Gasteiger partial charge is 0.469 e. The molecule has 1 heterocycles. The molecule has 1 rings (SSSR count). The molecule has 5 unspecified atom stereocenters. The second-order valence-corrected chi connectivity index (χ2v) is 4.64. The maximum Gasteiger partial charge on any atom is 0.305 e. The molecule has 1 saturated heterocycles. The summed E-state index contributed by atoms with van der Waals surface area (Å²) in [6, 6.07) is 0. The van der Waals surface area contributed by atoms with E-state index < -0.39 is 18.5 Å². The fraction of sp³-hybridized carbons (Fsp3) is 0.917. The SMILES string of the molecule is COC(=O)CCC(C)OC1OC(C)C(O)CC1O. The van der Waals surface area contributed by atoms with E-state index in [2.05, 4.69) is 4.74 Å². The van der Waals surface area contributed by atoms with Gasteiger partial charge in [-0.05, 0) is 20.3 Å². The highest BCUT2D eigenvalue weighted by Crippen LogP contribution is 2.22. The van der Waals surface area contributed by atoms with E-state index in [1.54, 1.807) is 13.8 Å². The maximum absolute atomic E-state index is 11.0. The Kier molecular flexibility index (Phi) is 6.01. The molecule has 0 radical (unpaired) electrons. The van der Waals surface area contributed by atoms with E-state index in [1.807, 2.05) is 0 Å². The van der Waals surface area contributed by atoms with Gasteiger partial charge in [0.1, 0.15) is 6.10 Å². The van der Waals surface area contributed by atoms with Crippen LogP contribution < -0.4 is 0 Å². The Morgan fingerprint density at radius 1 is 1.44 bits per heavy atom. The summed E-state index contributed by atoms with van der Waals surface area (Å²) < 4.78 is 15.4. The zero-order valence-corrected chi connectivity index (χ0v) is 11.0. The van der Waals surface area contributed by atoms with E-state index >= 15 is 0 Å². The molecule has 0 amide bonds. The van der Waals surface area contributed by atoms with Crippen LogP contribution in [0.25, 0.3) is 0 Å². The molecule has 0 spiro atoms. The van der Waals surface area contributed by atoms with Crippen LogP contribution in [0.1, 0.15) is 33.1 Å². The highest BCUT2D eigenvalue weighted by molar-refractivity contribution is 5.69. The van der Waals surface area contributed by atoms with Gasteiger partial charge in [0.25, 0.3) is 0 Å². The number of hydrogen-bond donors (Lipinski definition) is 2. The summed E-state index contributed by atoms with van der Waals surface area (Å²) in [5.41, 5.74) is 0. The molecule has 0 aliphatic carbocycles. The summed E-state index contributed by atoms with van der Waals surface area (Å²) >= 11 is 0. The zero-order valence-electron chi connectivity index (χ0n) is 11.0. The van der Waals surface area contributed by atoms with Gasteiger partial charge in [0, 0.05) is 12.8 Å². The summed E-state index contributed by atoms with van der Waals surface area (Å²) in [7, 11) is 1.34. The summed E-state index contributed by atoms with van der Waals surface area (Å²) in [6.07, 6.45) is -1.89. The van der Waals surface area contributed by atoms with Crippen molar-refractivity contribution in [2.24, 2.45) is 0 Å². The molecule has 1 aliphatic rings. The molecule has 2 N–H and O–H groups in total. The first kappa shape index (κ1) is 15.4. The van der Waals surface area contributed by atoms with Crippen molar-refractivity contribution in [2.45, 2.75) is 63.8 Å². The van der Waals surface area contributed by atoms with Crippen LogP contribution in [0.3, 0.4) is 0 Å². The first-order valence-corrected chi connectivity index (χ1v) is 6.18. The van der Waals surface area contributed by atoms with E-state index in [9.17, 15) is 15.0 Å². The van der Waals surface area contributed by atoms with Crippen molar-refractivity contribution >= 4 is 5.97 Å². The van der Waals surface area contributed by atoms with Gasteiger partial charge in [-0.15, -0.1) is 0 Å². The average Bonchev–Trinajstić information content (AvgIpc) is 2.33. The molecule has 0 aromatic carbocycles. The Hall–Kier alpha value is -0.690. The van der Waals surface area contributed by atoms with Crippen LogP contribution >= 0.6 is 0 Å². The number of esters is 1. The van der Waals surface area contributed by atoms with Crippen LogP contribution in [0.5, 0.6) is 0 Å². The number of carbonyl (C=O) groups excluding carboxylic acids is 1. The summed E-state index contributed by atoms with van der Waals surface area (Å²) in [6.45, 7) is 3.53. The number of ether oxygens (including phenoxy) is 3. The van der Waals surface area contributed by atoms with Crippen molar-refractivity contribution in [2.75, 3.05) is 7.11 Å². The lowest BCUT2D eigenvalue weighted by Crippen LogP contribution is -2.48. The van der Waals surface area contributed by atoms with Crippen molar-refractivity contribution in [1.29, 1.82) is 0 Å². The lowest BCUT2D eigenvalue weighted by molar-refractivity contribution is -0.273. The van der Waals surface area contributed by atoms with Crippen molar-refractivity contribution in [1.82, 2.24) is 0 Å². The average molecular weight is 262 g/mol. The summed E-state index contributed by atoms with van der Waals surface area (Å²) in [4.78, 5) is 11.0. The van der Waals surface area contributed by atoms with Crippen LogP contribution in [-0.4, -0.2) is 54.0 Å². The molecule has 0 bridgehead atoms. The molecule has 0 saturated carbocycles. The molecule has 106 valence electrons. The van der Waals surface area contributed by atoms with Crippen LogP contribution in [0.15, 0.2) is 0 Å². The van der Waals surface area contributed by atoms with E-state index in [0.29, 0.717) is 6.42 Å². The van der Waals surface area contributed by atoms with E-state index in [4.69, 9.17) is 9.47 Å². The van der Waals surface area contributed by atoms with E-state index in [-0.39, 0.29) is 31.0 Å². The Morgan fingerprint density at radius 2 is 2.11 bits per heavy atom. The molecule has 6 heteroatoms. The van der Waals surface area contributed by atoms with Crippen molar-refractivity contribution in [3.8, 4) is 0 Å². The third kappa shape index (κ3) is 4.53. The van der Waals surface area contributed by atoms with Gasteiger partial charge in [-0.1, -0.05) is 0 Å². The predicted molar refractivity (Wildman–Crippen MR) is 62.8 cm³/mol. The minimum absolute atomic E-state index is 0.230. The number of methoxy groups -OCH3 is 1. The normalized spacial score (nSPS) is 34.1. The van der Waals surface area contributed by atoms with Gasteiger partial charge in [0.05, 0.1) is 25.4 Å². The smallest absolute Gasteiger partial charge is 0.305 e. The fourth-order valence-corrected chi connectivity index (χ4v) is 1.79. The minimum atomic E-state index is -0.850. The van der Waals surface area contributed by atoms with Crippen molar-refractivity contribution in [3.05, 3.63) is 0 Å². The Labute approximate surface area is 107 Å². The van der Waals surface area contributed by atoms with Gasteiger partial charge in [0.15, 0.2) is 6.29 Å². The molecule has 0 aromatic heterocycles. The Bertz CT molecular complexity index is 269. The topological polar surface area (TPSA) is 85.2 Å². The van der Waals surface area contributed by atoms with Crippen molar-refractivity contribution < 1.29 is 29.2 Å². The molecule has 0 aromatic rings. The summed E-state index contributed by atoms with van der Waals surface area (Å²) in [5.74, 6) is -0.292. The van der Waals surface area contributed by atoms with Crippen LogP contribution in [0.4, 0.5) is 0 Å². The second kappa shape index (κ2) is 7.04. The van der Waals surface area contributed by atoms with Crippen molar-refractivity contribution in [3.63, 3.8) is 0 Å². The number of rotatable bonds is 5. The number of aliphatic hydroxyl groups excluding tert-OH is 2. The number of aliphatic hydroxyl groups is 2. The quantitative estimate of drug-likeness (QED) is 0.689. The molecule has 5 atom stereocenters. The van der Waals surface area contributed by atoms with Gasteiger partial charge in [0.2, 0.25) is 0 Å². The van der Waals surface area contributed by atoms with Gasteiger partial charge < -0.3 is 24.4 Å².